The minimum Gasteiger partial charge on any atom is -0.465 e. The first-order valence-electron chi connectivity index (χ1n) is 6.24. The summed E-state index contributed by atoms with van der Waals surface area (Å²) in [5.41, 5.74) is 0.860. The Morgan fingerprint density at radius 3 is 2.95 bits per heavy atom. The maximum Gasteiger partial charge on any atom is 0.342 e. The Labute approximate surface area is 121 Å². The summed E-state index contributed by atoms with van der Waals surface area (Å²) >= 11 is 1.07. The zero-order chi connectivity index (χ0) is 14.7. The van der Waals surface area contributed by atoms with Gasteiger partial charge in [-0.15, -0.1) is 0 Å². The molecule has 0 radical (unpaired) electrons. The van der Waals surface area contributed by atoms with E-state index in [9.17, 15) is 9.59 Å². The second kappa shape index (κ2) is 6.19. The minimum atomic E-state index is -0.499. The van der Waals surface area contributed by atoms with Crippen molar-refractivity contribution in [1.29, 1.82) is 0 Å². The molecule has 0 bridgehead atoms. The zero-order valence-electron chi connectivity index (χ0n) is 11.6. The van der Waals surface area contributed by atoms with Crippen molar-refractivity contribution in [2.45, 2.75) is 19.9 Å². The predicted octanol–water partition coefficient (Wildman–Crippen LogP) is 1.49. The van der Waals surface area contributed by atoms with Crippen LogP contribution in [-0.2, 0) is 9.47 Å². The fourth-order valence-corrected chi connectivity index (χ4v) is 2.77. The molecule has 0 aromatic carbocycles. The molecule has 2 rings (SSSR count). The van der Waals surface area contributed by atoms with Crippen molar-refractivity contribution in [2.24, 2.45) is 0 Å². The van der Waals surface area contributed by atoms with Crippen LogP contribution in [-0.4, -0.2) is 54.2 Å². The number of nitrogens with one attached hydrogen (secondary N) is 1. The number of hydrogen-bond acceptors (Lipinski definition) is 6. The van der Waals surface area contributed by atoms with Gasteiger partial charge in [-0.05, 0) is 25.4 Å². The number of anilines is 1. The van der Waals surface area contributed by atoms with E-state index < -0.39 is 5.97 Å². The minimum absolute atomic E-state index is 0.000606. The number of methoxy groups -OCH3 is 1. The van der Waals surface area contributed by atoms with Crippen LogP contribution in [0.4, 0.5) is 9.80 Å². The maximum absolute atomic E-state index is 12.2. The van der Waals surface area contributed by atoms with E-state index in [1.807, 2.05) is 6.92 Å². The van der Waals surface area contributed by atoms with Gasteiger partial charge in [-0.1, -0.05) is 0 Å². The molecule has 110 valence electrons. The topological polar surface area (TPSA) is 80.8 Å². The Morgan fingerprint density at radius 2 is 2.30 bits per heavy atom. The number of carbonyl (C=O) groups is 2. The highest BCUT2D eigenvalue weighted by molar-refractivity contribution is 7.11. The third-order valence-corrected chi connectivity index (χ3v) is 3.96. The molecule has 1 aliphatic heterocycles. The molecule has 1 unspecified atom stereocenters. The Balaban J connectivity index is 2.13. The van der Waals surface area contributed by atoms with Gasteiger partial charge < -0.3 is 14.4 Å². The summed E-state index contributed by atoms with van der Waals surface area (Å²) in [5, 5.41) is 3.15. The van der Waals surface area contributed by atoms with Crippen LogP contribution in [0.15, 0.2) is 0 Å². The van der Waals surface area contributed by atoms with Crippen LogP contribution in [0.3, 0.4) is 0 Å². The summed E-state index contributed by atoms with van der Waals surface area (Å²) in [6, 6.07) is -0.256. The van der Waals surface area contributed by atoms with E-state index in [0.717, 1.165) is 11.5 Å². The first-order valence-corrected chi connectivity index (χ1v) is 7.02. The summed E-state index contributed by atoms with van der Waals surface area (Å²) in [4.78, 5) is 25.6. The largest absolute Gasteiger partial charge is 0.465 e. The van der Waals surface area contributed by atoms with Crippen LogP contribution < -0.4 is 5.32 Å². The SMILES string of the molecule is COC(=O)c1c(C)nsc1NC(=O)N1CCOCC1C. The van der Waals surface area contributed by atoms with Crippen molar-refractivity contribution in [1.82, 2.24) is 9.27 Å². The van der Waals surface area contributed by atoms with Crippen LogP contribution in [0.2, 0.25) is 0 Å². The highest BCUT2D eigenvalue weighted by Gasteiger charge is 2.26. The molecular formula is C12H17N3O4S. The van der Waals surface area contributed by atoms with Gasteiger partial charge in [0.1, 0.15) is 10.6 Å². The number of ether oxygens (including phenoxy) is 2. The second-order valence-electron chi connectivity index (χ2n) is 4.51. The van der Waals surface area contributed by atoms with E-state index in [0.29, 0.717) is 36.0 Å². The predicted molar refractivity (Wildman–Crippen MR) is 74.2 cm³/mol. The number of urea groups is 1. The van der Waals surface area contributed by atoms with E-state index in [1.165, 1.54) is 7.11 Å². The summed E-state index contributed by atoms with van der Waals surface area (Å²) in [6.07, 6.45) is 0. The normalized spacial score (nSPS) is 18.8. The Morgan fingerprint density at radius 1 is 1.55 bits per heavy atom. The Bertz CT molecular complexity index is 517. The second-order valence-corrected chi connectivity index (χ2v) is 5.28. The first kappa shape index (κ1) is 14.7. The number of amides is 2. The molecule has 7 nitrogen and oxygen atoms in total. The molecule has 1 N–H and O–H groups in total. The van der Waals surface area contributed by atoms with Crippen molar-refractivity contribution in [2.75, 3.05) is 32.2 Å². The number of morpholine rings is 1. The molecule has 1 fully saturated rings. The average Bonchev–Trinajstić information content (AvgIpc) is 2.79. The Hall–Kier alpha value is -1.67. The number of nitrogens with zero attached hydrogens (tertiary/aromatic N) is 2. The molecule has 0 aliphatic carbocycles. The fourth-order valence-electron chi connectivity index (χ4n) is 2.00. The number of aryl methyl sites for hydroxylation is 1. The van der Waals surface area contributed by atoms with Crippen LogP contribution >= 0.6 is 11.5 Å². The van der Waals surface area contributed by atoms with Gasteiger partial charge in [0.25, 0.3) is 0 Å². The molecule has 1 atom stereocenters. The molecular weight excluding hydrogens is 282 g/mol. The van der Waals surface area contributed by atoms with Gasteiger partial charge in [0.05, 0.1) is 32.1 Å². The first-order chi connectivity index (χ1) is 9.54. The average molecular weight is 299 g/mol. The highest BCUT2D eigenvalue weighted by Crippen LogP contribution is 2.26. The van der Waals surface area contributed by atoms with Crippen molar-refractivity contribution in [3.63, 3.8) is 0 Å². The molecule has 1 saturated heterocycles. The molecule has 2 heterocycles. The van der Waals surface area contributed by atoms with Crippen molar-refractivity contribution in [3.8, 4) is 0 Å². The lowest BCUT2D eigenvalue weighted by Crippen LogP contribution is -2.48. The number of esters is 1. The zero-order valence-corrected chi connectivity index (χ0v) is 12.5. The highest BCUT2D eigenvalue weighted by atomic mass is 32.1. The summed E-state index contributed by atoms with van der Waals surface area (Å²) in [5.74, 6) is -0.499. The summed E-state index contributed by atoms with van der Waals surface area (Å²) in [7, 11) is 1.30. The van der Waals surface area contributed by atoms with E-state index in [2.05, 4.69) is 9.69 Å². The number of hydrogen-bond donors (Lipinski definition) is 1. The molecule has 0 saturated carbocycles. The quantitative estimate of drug-likeness (QED) is 0.837. The van der Waals surface area contributed by atoms with E-state index in [4.69, 9.17) is 9.47 Å². The van der Waals surface area contributed by atoms with E-state index in [-0.39, 0.29) is 12.1 Å². The van der Waals surface area contributed by atoms with Gasteiger partial charge in [0.2, 0.25) is 0 Å². The van der Waals surface area contributed by atoms with Gasteiger partial charge in [0, 0.05) is 6.54 Å². The van der Waals surface area contributed by atoms with Gasteiger partial charge in [-0.25, -0.2) is 9.59 Å². The van der Waals surface area contributed by atoms with E-state index >= 15 is 0 Å². The van der Waals surface area contributed by atoms with Crippen molar-refractivity contribution < 1.29 is 19.1 Å². The fraction of sp³-hybridized carbons (Fsp3) is 0.583. The number of aromatic nitrogens is 1. The smallest absolute Gasteiger partial charge is 0.342 e. The van der Waals surface area contributed by atoms with Crippen LogP contribution in [0, 0.1) is 6.92 Å². The van der Waals surface area contributed by atoms with Gasteiger partial charge in [-0.2, -0.15) is 4.37 Å². The molecule has 1 aromatic rings. The lowest BCUT2D eigenvalue weighted by atomic mass is 10.2. The van der Waals surface area contributed by atoms with Gasteiger partial charge >= 0.3 is 12.0 Å². The lowest BCUT2D eigenvalue weighted by molar-refractivity contribution is 0.0222. The molecule has 20 heavy (non-hydrogen) atoms. The standard InChI is InChI=1S/C12H17N3O4S/c1-7-6-19-5-4-15(7)12(17)13-10-9(11(16)18-3)8(2)14-20-10/h7H,4-6H2,1-3H3,(H,13,17). The monoisotopic (exact) mass is 299 g/mol. The maximum atomic E-state index is 12.2. The summed E-state index contributed by atoms with van der Waals surface area (Å²) < 4.78 is 14.1. The summed E-state index contributed by atoms with van der Waals surface area (Å²) in [6.45, 7) is 5.17. The van der Waals surface area contributed by atoms with E-state index in [1.54, 1.807) is 11.8 Å². The molecule has 8 heteroatoms. The molecule has 2 amide bonds. The third kappa shape index (κ3) is 2.91. The Kier molecular flexibility index (Phi) is 4.56. The van der Waals surface area contributed by atoms with Crippen LogP contribution in [0.1, 0.15) is 23.0 Å². The third-order valence-electron chi connectivity index (χ3n) is 3.10. The molecule has 0 spiro atoms. The molecule has 1 aliphatic rings. The lowest BCUT2D eigenvalue weighted by Gasteiger charge is -2.33. The van der Waals surface area contributed by atoms with Crippen molar-refractivity contribution >= 4 is 28.5 Å². The van der Waals surface area contributed by atoms with Gasteiger partial charge in [-0.3, -0.25) is 5.32 Å². The van der Waals surface area contributed by atoms with Crippen LogP contribution in [0.25, 0.3) is 0 Å². The van der Waals surface area contributed by atoms with Crippen LogP contribution in [0.5, 0.6) is 0 Å². The number of carbonyl (C=O) groups excluding carboxylic acids is 2. The molecule has 1 aromatic heterocycles. The van der Waals surface area contributed by atoms with Gasteiger partial charge in [0.15, 0.2) is 0 Å². The van der Waals surface area contributed by atoms with Crippen molar-refractivity contribution in [3.05, 3.63) is 11.3 Å². The number of rotatable bonds is 2.